The lowest BCUT2D eigenvalue weighted by atomic mass is 10.3. The number of hydrogen-bond donors (Lipinski definition) is 1. The molecule has 0 radical (unpaired) electrons. The number of alkyl halides is 3. The third-order valence-electron chi connectivity index (χ3n) is 1.72. The summed E-state index contributed by atoms with van der Waals surface area (Å²) in [6.45, 7) is 2.08. The molecule has 0 aliphatic carbocycles. The third kappa shape index (κ3) is 4.49. The molecule has 0 spiro atoms. The molecule has 92 valence electrons. The van der Waals surface area contributed by atoms with Crippen LogP contribution in [0.25, 0.3) is 0 Å². The van der Waals surface area contributed by atoms with Crippen LogP contribution >= 0.6 is 11.6 Å². The maximum absolute atomic E-state index is 12.4. The maximum atomic E-state index is 12.4. The van der Waals surface area contributed by atoms with Gasteiger partial charge in [0.1, 0.15) is 5.82 Å². The van der Waals surface area contributed by atoms with Crippen molar-refractivity contribution in [3.05, 3.63) is 17.0 Å². The van der Waals surface area contributed by atoms with Crippen LogP contribution in [0, 0.1) is 11.8 Å². The van der Waals surface area contributed by atoms with Gasteiger partial charge in [-0.25, -0.2) is 9.97 Å². The summed E-state index contributed by atoms with van der Waals surface area (Å²) in [7, 11) is 0. The highest BCUT2D eigenvalue weighted by molar-refractivity contribution is 6.28. The molecule has 1 N–H and O–H groups in total. The largest absolute Gasteiger partial charge is 0.433 e. The van der Waals surface area contributed by atoms with Crippen molar-refractivity contribution in [2.45, 2.75) is 19.5 Å². The van der Waals surface area contributed by atoms with Gasteiger partial charge < -0.3 is 5.32 Å². The Hall–Kier alpha value is -1.48. The van der Waals surface area contributed by atoms with E-state index in [1.54, 1.807) is 6.92 Å². The molecule has 1 heterocycles. The first-order valence-corrected chi connectivity index (χ1v) is 5.06. The highest BCUT2D eigenvalue weighted by Crippen LogP contribution is 2.29. The van der Waals surface area contributed by atoms with Crippen molar-refractivity contribution in [2.24, 2.45) is 0 Å². The van der Waals surface area contributed by atoms with Crippen molar-refractivity contribution in [1.82, 2.24) is 9.97 Å². The van der Waals surface area contributed by atoms with E-state index in [0.717, 1.165) is 6.07 Å². The van der Waals surface area contributed by atoms with E-state index in [0.29, 0.717) is 13.0 Å². The number of nitrogens with zero attached hydrogens (tertiary/aromatic N) is 2. The smallest absolute Gasteiger partial charge is 0.369 e. The van der Waals surface area contributed by atoms with E-state index in [1.165, 1.54) is 0 Å². The molecule has 7 heteroatoms. The molecule has 0 fully saturated rings. The predicted molar refractivity (Wildman–Crippen MR) is 58.6 cm³/mol. The van der Waals surface area contributed by atoms with E-state index in [9.17, 15) is 13.2 Å². The van der Waals surface area contributed by atoms with Gasteiger partial charge >= 0.3 is 6.18 Å². The van der Waals surface area contributed by atoms with Gasteiger partial charge in [-0.1, -0.05) is 0 Å². The summed E-state index contributed by atoms with van der Waals surface area (Å²) < 4.78 is 37.2. The molecule has 1 aromatic rings. The van der Waals surface area contributed by atoms with E-state index in [1.807, 2.05) is 0 Å². The Kier molecular flexibility index (Phi) is 4.58. The van der Waals surface area contributed by atoms with E-state index in [-0.39, 0.29) is 5.82 Å². The van der Waals surface area contributed by atoms with Crippen LogP contribution in [-0.2, 0) is 6.18 Å². The lowest BCUT2D eigenvalue weighted by Gasteiger charge is -2.08. The monoisotopic (exact) mass is 263 g/mol. The zero-order valence-corrected chi connectivity index (χ0v) is 9.65. The fraction of sp³-hybridized carbons (Fsp3) is 0.400. The minimum absolute atomic E-state index is 0.0372. The summed E-state index contributed by atoms with van der Waals surface area (Å²) >= 11 is 5.41. The molecule has 0 bridgehead atoms. The fourth-order valence-electron chi connectivity index (χ4n) is 1.03. The summed E-state index contributed by atoms with van der Waals surface area (Å²) in [6.07, 6.45) is -4.02. The number of halogens is 4. The Morgan fingerprint density at radius 1 is 1.41 bits per heavy atom. The van der Waals surface area contributed by atoms with Crippen LogP contribution in [-0.4, -0.2) is 16.5 Å². The van der Waals surface area contributed by atoms with Gasteiger partial charge in [-0.2, -0.15) is 13.2 Å². The average Bonchev–Trinajstić information content (AvgIpc) is 2.22. The van der Waals surface area contributed by atoms with Gasteiger partial charge in [0.2, 0.25) is 5.28 Å². The minimum atomic E-state index is -4.54. The molecule has 17 heavy (non-hydrogen) atoms. The zero-order chi connectivity index (χ0) is 12.9. The first-order chi connectivity index (χ1) is 7.93. The standard InChI is InChI=1S/C10H9ClF3N3/c1-2-3-4-5-15-8-6-7(10(12,13)14)16-9(11)17-8/h6H,4-5H2,1H3,(H,15,16,17). The topological polar surface area (TPSA) is 37.8 Å². The average molecular weight is 264 g/mol. The van der Waals surface area contributed by atoms with Gasteiger partial charge in [-0.05, 0) is 18.5 Å². The number of rotatable bonds is 3. The molecule has 0 aromatic carbocycles. The number of aromatic nitrogens is 2. The quantitative estimate of drug-likeness (QED) is 0.518. The molecule has 0 aliphatic rings. The van der Waals surface area contributed by atoms with Gasteiger partial charge in [-0.15, -0.1) is 11.8 Å². The van der Waals surface area contributed by atoms with Crippen LogP contribution in [0.1, 0.15) is 19.0 Å². The van der Waals surface area contributed by atoms with Crippen LogP contribution in [0.3, 0.4) is 0 Å². The van der Waals surface area contributed by atoms with Gasteiger partial charge in [0.15, 0.2) is 5.69 Å². The predicted octanol–water partition coefficient (Wildman–Crippen LogP) is 2.97. The minimum Gasteiger partial charge on any atom is -0.369 e. The molecule has 3 nitrogen and oxygen atoms in total. The van der Waals surface area contributed by atoms with E-state index in [2.05, 4.69) is 27.1 Å². The third-order valence-corrected chi connectivity index (χ3v) is 1.89. The first-order valence-electron chi connectivity index (χ1n) is 4.68. The van der Waals surface area contributed by atoms with E-state index >= 15 is 0 Å². The van der Waals surface area contributed by atoms with Crippen LogP contribution in [0.4, 0.5) is 19.0 Å². The maximum Gasteiger partial charge on any atom is 0.433 e. The van der Waals surface area contributed by atoms with Crippen LogP contribution < -0.4 is 5.32 Å². The lowest BCUT2D eigenvalue weighted by molar-refractivity contribution is -0.141. The fourth-order valence-corrected chi connectivity index (χ4v) is 1.21. The molecule has 0 amide bonds. The number of hydrogen-bond acceptors (Lipinski definition) is 3. The molecule has 0 unspecified atom stereocenters. The Morgan fingerprint density at radius 2 is 2.12 bits per heavy atom. The summed E-state index contributed by atoms with van der Waals surface area (Å²) in [5, 5.41) is 2.25. The van der Waals surface area contributed by atoms with Crippen molar-refractivity contribution >= 4 is 17.4 Å². The van der Waals surface area contributed by atoms with Crippen molar-refractivity contribution in [3.8, 4) is 11.8 Å². The van der Waals surface area contributed by atoms with Crippen LogP contribution in [0.5, 0.6) is 0 Å². The summed E-state index contributed by atoms with van der Waals surface area (Å²) in [5.41, 5.74) is -1.07. The molecule has 1 rings (SSSR count). The van der Waals surface area contributed by atoms with Gasteiger partial charge in [-0.3, -0.25) is 0 Å². The Labute approximate surface area is 101 Å². The highest BCUT2D eigenvalue weighted by atomic mass is 35.5. The summed E-state index contributed by atoms with van der Waals surface area (Å²) in [6, 6.07) is 0.811. The second-order valence-corrected chi connectivity index (χ2v) is 3.35. The van der Waals surface area contributed by atoms with E-state index < -0.39 is 17.2 Å². The van der Waals surface area contributed by atoms with Gasteiger partial charge in [0.05, 0.1) is 0 Å². The zero-order valence-electron chi connectivity index (χ0n) is 8.90. The van der Waals surface area contributed by atoms with Crippen molar-refractivity contribution in [3.63, 3.8) is 0 Å². The molecular weight excluding hydrogens is 255 g/mol. The molecular formula is C10H9ClF3N3. The number of nitrogens with one attached hydrogen (secondary N) is 1. The molecule has 1 aromatic heterocycles. The number of anilines is 1. The molecule has 0 saturated carbocycles. The molecule has 0 saturated heterocycles. The molecule has 0 aliphatic heterocycles. The molecule has 0 atom stereocenters. The Morgan fingerprint density at radius 3 is 2.71 bits per heavy atom. The second kappa shape index (κ2) is 5.73. The van der Waals surface area contributed by atoms with Gasteiger partial charge in [0, 0.05) is 19.0 Å². The van der Waals surface area contributed by atoms with Crippen LogP contribution in [0.15, 0.2) is 6.07 Å². The first kappa shape index (κ1) is 13.6. The SMILES string of the molecule is CC#CCCNc1cc(C(F)(F)F)nc(Cl)n1. The summed E-state index contributed by atoms with van der Waals surface area (Å²) in [4.78, 5) is 6.75. The highest BCUT2D eigenvalue weighted by Gasteiger charge is 2.33. The van der Waals surface area contributed by atoms with Crippen molar-refractivity contribution < 1.29 is 13.2 Å². The lowest BCUT2D eigenvalue weighted by Crippen LogP contribution is -2.11. The van der Waals surface area contributed by atoms with Crippen molar-refractivity contribution in [1.29, 1.82) is 0 Å². The van der Waals surface area contributed by atoms with Gasteiger partial charge in [0.25, 0.3) is 0 Å². The van der Waals surface area contributed by atoms with E-state index in [4.69, 9.17) is 11.6 Å². The van der Waals surface area contributed by atoms with Crippen LogP contribution in [0.2, 0.25) is 5.28 Å². The van der Waals surface area contributed by atoms with Crippen molar-refractivity contribution in [2.75, 3.05) is 11.9 Å². The Balaban J connectivity index is 2.78. The Bertz CT molecular complexity index is 448. The summed E-state index contributed by atoms with van der Waals surface area (Å²) in [5.74, 6) is 5.48. The normalized spacial score (nSPS) is 10.6. The second-order valence-electron chi connectivity index (χ2n) is 3.01.